The lowest BCUT2D eigenvalue weighted by molar-refractivity contribution is -0.161. The molecule has 0 aromatic rings. The number of unbranched alkanes of at least 4 members (excludes halogenated alkanes) is 28. The standard InChI is InChI=1S/C97H160O16P2/c1-4-7-10-13-16-19-22-25-28-31-34-37-39-41-43-45-47-49-51-54-56-59-62-65-68-71-74-77-80-83-95(100)107-86-92(98)87-109-114(103,104)110-88-93(99)89-111-115(105,106)112-91-94(113-97(102)85-82-79-76-73-70-67-64-61-58-53-36-33-30-27-24-21-18-15-12-9-6-3)90-108-96(101)84-81-78-75-72-69-66-63-60-57-55-52-50-48-46-44-42-40-38-35-32-29-26-23-20-17-14-11-8-5-2/h7-12,16-21,25-30,34-38,41-44,47,49,53,61,64,92-94,98-99H,4-6,13-15,22-24,31-33,39-40,45-46,48,50-52,54-60,62-63,65-91H2,1-3H3,(H,103,104)(H,105,106)/b10-7-,11-8-,12-9-,19-16-,20-17-,21-18-,28-25-,29-26-,30-27-,37-34-,38-35-,43-41-,44-42-,49-47-,53-36-,64-61-. The minimum Gasteiger partial charge on any atom is -0.463 e. The Morgan fingerprint density at radius 1 is 0.243 bits per heavy atom. The number of allylic oxidation sites excluding steroid dienone is 32. The van der Waals surface area contributed by atoms with Crippen molar-refractivity contribution < 1.29 is 75.8 Å². The molecule has 115 heavy (non-hydrogen) atoms. The normalized spacial score (nSPS) is 14.7. The Hall–Kier alpha value is -5.61. The predicted octanol–water partition coefficient (Wildman–Crippen LogP) is 27.4. The average molecular weight is 1640 g/mol. The SMILES string of the molecule is CC/C=C\C/C=C\C/C=C\C/C=C\C/C=C\C/C=C\CCCCCCCCCCCCC(=O)OCC(O)COP(=O)(O)OCC(O)COP(=O)(O)OCC(COC(=O)CCCCCCCCCCCCCCC/C=C\C/C=C\C/C=C\C/C=C\C/C=C\CC)OC(=O)CCCCCCC/C=C\C/C=C\C/C=C\C/C=C\C/C=C\CC. The third-order valence-electron chi connectivity index (χ3n) is 18.3. The van der Waals surface area contributed by atoms with Gasteiger partial charge in [-0.15, -0.1) is 0 Å². The molecule has 5 unspecified atom stereocenters. The molecule has 0 fully saturated rings. The highest BCUT2D eigenvalue weighted by molar-refractivity contribution is 7.47. The van der Waals surface area contributed by atoms with Gasteiger partial charge in [0.15, 0.2) is 6.10 Å². The van der Waals surface area contributed by atoms with Crippen LogP contribution in [0, 0.1) is 0 Å². The Bertz CT molecular complexity index is 2870. The Labute approximate surface area is 699 Å². The van der Waals surface area contributed by atoms with E-state index >= 15 is 0 Å². The summed E-state index contributed by atoms with van der Waals surface area (Å²) in [4.78, 5) is 59.0. The van der Waals surface area contributed by atoms with E-state index in [1.165, 1.54) is 83.5 Å². The van der Waals surface area contributed by atoms with Crippen LogP contribution in [0.2, 0.25) is 0 Å². The predicted molar refractivity (Wildman–Crippen MR) is 481 cm³/mol. The van der Waals surface area contributed by atoms with E-state index in [0.29, 0.717) is 19.3 Å². The van der Waals surface area contributed by atoms with Gasteiger partial charge in [0.1, 0.15) is 25.4 Å². The number of aliphatic hydroxyl groups excluding tert-OH is 2. The lowest BCUT2D eigenvalue weighted by Gasteiger charge is -2.21. The molecule has 654 valence electrons. The Morgan fingerprint density at radius 2 is 0.435 bits per heavy atom. The number of esters is 3. The molecule has 0 heterocycles. The lowest BCUT2D eigenvalue weighted by Crippen LogP contribution is -2.30. The Balaban J connectivity index is 4.65. The number of phosphoric acid groups is 2. The highest BCUT2D eigenvalue weighted by atomic mass is 31.2. The fourth-order valence-corrected chi connectivity index (χ4v) is 13.2. The summed E-state index contributed by atoms with van der Waals surface area (Å²) in [6.07, 6.45) is 116. The summed E-state index contributed by atoms with van der Waals surface area (Å²) in [5, 5.41) is 20.7. The van der Waals surface area contributed by atoms with Crippen LogP contribution >= 0.6 is 15.6 Å². The maximum Gasteiger partial charge on any atom is 0.472 e. The first-order chi connectivity index (χ1) is 56.2. The quantitative estimate of drug-likeness (QED) is 0.0146. The number of carbonyl (C=O) groups excluding carboxylic acids is 3. The van der Waals surface area contributed by atoms with Crippen LogP contribution in [-0.2, 0) is 55.8 Å². The fourth-order valence-electron chi connectivity index (χ4n) is 11.6. The van der Waals surface area contributed by atoms with Gasteiger partial charge in [0.05, 0.1) is 26.4 Å². The van der Waals surface area contributed by atoms with E-state index in [1.54, 1.807) is 0 Å². The monoisotopic (exact) mass is 1640 g/mol. The molecule has 0 aliphatic heterocycles. The van der Waals surface area contributed by atoms with E-state index in [4.69, 9.17) is 32.3 Å². The zero-order valence-electron chi connectivity index (χ0n) is 71.9. The molecule has 0 aliphatic rings. The molecule has 0 aliphatic carbocycles. The third-order valence-corrected chi connectivity index (χ3v) is 20.2. The van der Waals surface area contributed by atoms with Crippen molar-refractivity contribution in [3.05, 3.63) is 194 Å². The lowest BCUT2D eigenvalue weighted by atomic mass is 10.0. The number of aliphatic hydroxyl groups is 2. The van der Waals surface area contributed by atoms with Crippen molar-refractivity contribution in [1.29, 1.82) is 0 Å². The second-order valence-corrected chi connectivity index (χ2v) is 32.2. The maximum atomic E-state index is 13.1. The van der Waals surface area contributed by atoms with Gasteiger partial charge in [-0.1, -0.05) is 356 Å². The largest absolute Gasteiger partial charge is 0.472 e. The maximum absolute atomic E-state index is 13.1. The molecule has 0 bridgehead atoms. The van der Waals surface area contributed by atoms with Crippen molar-refractivity contribution in [2.24, 2.45) is 0 Å². The van der Waals surface area contributed by atoms with E-state index in [2.05, 4.69) is 215 Å². The van der Waals surface area contributed by atoms with Gasteiger partial charge in [-0.3, -0.25) is 32.5 Å². The van der Waals surface area contributed by atoms with E-state index in [0.717, 1.165) is 199 Å². The zero-order chi connectivity index (χ0) is 83.6. The molecule has 4 N–H and O–H groups in total. The minimum absolute atomic E-state index is 0.0762. The van der Waals surface area contributed by atoms with Gasteiger partial charge in [-0.05, 0) is 161 Å². The second-order valence-electron chi connectivity index (χ2n) is 29.3. The molecular weight excluding hydrogens is 1480 g/mol. The van der Waals surface area contributed by atoms with Crippen LogP contribution in [0.3, 0.4) is 0 Å². The van der Waals surface area contributed by atoms with Crippen molar-refractivity contribution in [2.45, 2.75) is 360 Å². The first kappa shape index (κ1) is 109. The second kappa shape index (κ2) is 87.7. The van der Waals surface area contributed by atoms with Gasteiger partial charge in [0.25, 0.3) is 0 Å². The van der Waals surface area contributed by atoms with Crippen molar-refractivity contribution in [3.63, 3.8) is 0 Å². The van der Waals surface area contributed by atoms with Crippen molar-refractivity contribution in [3.8, 4) is 0 Å². The molecule has 0 rings (SSSR count). The van der Waals surface area contributed by atoms with Crippen LogP contribution in [0.1, 0.15) is 342 Å². The van der Waals surface area contributed by atoms with E-state index in [1.807, 2.05) is 0 Å². The van der Waals surface area contributed by atoms with Gasteiger partial charge in [-0.25, -0.2) is 9.13 Å². The van der Waals surface area contributed by atoms with Crippen molar-refractivity contribution in [1.82, 2.24) is 0 Å². The molecule has 0 saturated heterocycles. The molecule has 18 heteroatoms. The van der Waals surface area contributed by atoms with Crippen molar-refractivity contribution in [2.75, 3.05) is 39.6 Å². The smallest absolute Gasteiger partial charge is 0.463 e. The number of hydrogen-bond donors (Lipinski definition) is 4. The van der Waals surface area contributed by atoms with Crippen LogP contribution in [0.25, 0.3) is 0 Å². The molecule has 0 radical (unpaired) electrons. The van der Waals surface area contributed by atoms with E-state index in [9.17, 15) is 43.5 Å². The van der Waals surface area contributed by atoms with Gasteiger partial charge in [0.2, 0.25) is 0 Å². The molecule has 0 amide bonds. The summed E-state index contributed by atoms with van der Waals surface area (Å²) in [6, 6.07) is 0. The number of phosphoric ester groups is 2. The van der Waals surface area contributed by atoms with Crippen LogP contribution in [0.15, 0.2) is 194 Å². The number of carbonyl (C=O) groups is 3. The van der Waals surface area contributed by atoms with Crippen molar-refractivity contribution >= 4 is 33.6 Å². The van der Waals surface area contributed by atoms with E-state index < -0.39 is 91.5 Å². The molecule has 16 nitrogen and oxygen atoms in total. The molecule has 0 aromatic carbocycles. The highest BCUT2D eigenvalue weighted by Crippen LogP contribution is 2.45. The Morgan fingerprint density at radius 3 is 0.687 bits per heavy atom. The summed E-state index contributed by atoms with van der Waals surface area (Å²) in [5.74, 6) is -1.60. The molecular formula is C97H160O16P2. The highest BCUT2D eigenvalue weighted by Gasteiger charge is 2.29. The van der Waals surface area contributed by atoms with Gasteiger partial charge in [-0.2, -0.15) is 0 Å². The average Bonchev–Trinajstić information content (AvgIpc) is 0.901. The summed E-state index contributed by atoms with van der Waals surface area (Å²) >= 11 is 0. The molecule has 0 saturated carbocycles. The summed E-state index contributed by atoms with van der Waals surface area (Å²) in [6.45, 7) is 2.33. The minimum atomic E-state index is -4.95. The molecule has 0 aromatic heterocycles. The zero-order valence-corrected chi connectivity index (χ0v) is 73.7. The summed E-state index contributed by atoms with van der Waals surface area (Å²) in [7, 11) is -9.82. The fraction of sp³-hybridized carbons (Fsp3) is 0.639. The third kappa shape index (κ3) is 89.0. The molecule has 5 atom stereocenters. The van der Waals surface area contributed by atoms with E-state index in [-0.39, 0.29) is 19.3 Å². The van der Waals surface area contributed by atoms with Crippen LogP contribution in [-0.4, -0.2) is 95.9 Å². The number of hydrogen-bond acceptors (Lipinski definition) is 14. The van der Waals surface area contributed by atoms with Gasteiger partial charge >= 0.3 is 33.6 Å². The van der Waals surface area contributed by atoms with Crippen LogP contribution in [0.5, 0.6) is 0 Å². The van der Waals surface area contributed by atoms with Gasteiger partial charge < -0.3 is 34.2 Å². The number of rotatable bonds is 83. The topological polar surface area (TPSA) is 231 Å². The Kier molecular flexibility index (Phi) is 83.4. The first-order valence-corrected chi connectivity index (χ1v) is 47.7. The molecule has 0 spiro atoms. The summed E-state index contributed by atoms with van der Waals surface area (Å²) in [5.41, 5.74) is 0. The number of ether oxygens (including phenoxy) is 3. The van der Waals surface area contributed by atoms with Gasteiger partial charge in [0, 0.05) is 19.3 Å². The summed E-state index contributed by atoms with van der Waals surface area (Å²) < 4.78 is 61.4. The first-order valence-electron chi connectivity index (χ1n) is 44.7. The van der Waals surface area contributed by atoms with Crippen LogP contribution in [0.4, 0.5) is 0 Å². The van der Waals surface area contributed by atoms with Crippen LogP contribution < -0.4 is 0 Å².